The molecule has 3 N–H and O–H groups in total. The van der Waals surface area contributed by atoms with Gasteiger partial charge in [-0.2, -0.15) is 4.31 Å². The molecule has 4 rings (SSSR count). The number of carbonyl (C=O) groups excluding carboxylic acids is 1. The van der Waals surface area contributed by atoms with E-state index in [4.69, 9.17) is 20.9 Å². The van der Waals surface area contributed by atoms with Crippen LogP contribution in [0.25, 0.3) is 11.0 Å². The predicted octanol–water partition coefficient (Wildman–Crippen LogP) is 3.15. The molecular weight excluding hydrogens is 490 g/mol. The van der Waals surface area contributed by atoms with Gasteiger partial charge in [-0.05, 0) is 43.5 Å². The second kappa shape index (κ2) is 10.8. The van der Waals surface area contributed by atoms with E-state index in [0.717, 1.165) is 23.9 Å². The molecule has 0 aliphatic carbocycles. The van der Waals surface area contributed by atoms with E-state index < -0.39 is 15.9 Å². The standard InChI is InChI=1S/C24H29N5O4S.ClH/c1-3-33-22(30)15-19(16-6-8-17(9-7-16)23(25)26)24-27-20-14-18(10-11-21(20)28(24)2)34(31,32)29-12-4-5-13-29;/h6-11,14,19H,3-5,12-13,15H2,1-2H3,(H3,25,26);1H. The number of hydrogen-bond acceptors (Lipinski definition) is 6. The van der Waals surface area contributed by atoms with E-state index in [1.165, 1.54) is 4.31 Å². The first-order valence-corrected chi connectivity index (χ1v) is 12.7. The number of imidazole rings is 1. The maximum atomic E-state index is 13.0. The second-order valence-corrected chi connectivity index (χ2v) is 10.3. The number of nitrogens with zero attached hydrogens (tertiary/aromatic N) is 3. The molecule has 1 atom stereocenters. The van der Waals surface area contributed by atoms with Crippen LogP contribution in [0.15, 0.2) is 47.4 Å². The van der Waals surface area contributed by atoms with Gasteiger partial charge in [-0.25, -0.2) is 13.4 Å². The molecule has 9 nitrogen and oxygen atoms in total. The van der Waals surface area contributed by atoms with Crippen molar-refractivity contribution in [3.63, 3.8) is 0 Å². The number of nitrogen functional groups attached to an aromatic ring is 1. The fourth-order valence-electron chi connectivity index (χ4n) is 4.39. The molecule has 2 aromatic carbocycles. The Hall–Kier alpha value is -2.95. The maximum absolute atomic E-state index is 13.0. The van der Waals surface area contributed by atoms with Gasteiger partial charge in [0.25, 0.3) is 0 Å². The summed E-state index contributed by atoms with van der Waals surface area (Å²) in [4.78, 5) is 17.4. The lowest BCUT2D eigenvalue weighted by Crippen LogP contribution is -2.27. The Morgan fingerprint density at radius 3 is 2.43 bits per heavy atom. The number of sulfonamides is 1. The van der Waals surface area contributed by atoms with Gasteiger partial charge in [0.15, 0.2) is 0 Å². The van der Waals surface area contributed by atoms with Crippen LogP contribution < -0.4 is 5.73 Å². The number of amidine groups is 1. The molecule has 1 fully saturated rings. The summed E-state index contributed by atoms with van der Waals surface area (Å²) in [5.74, 6) is -0.194. The topological polar surface area (TPSA) is 131 Å². The fraction of sp³-hybridized carbons (Fsp3) is 0.375. The quantitative estimate of drug-likeness (QED) is 0.267. The summed E-state index contributed by atoms with van der Waals surface area (Å²) in [5.41, 5.74) is 8.30. The third kappa shape index (κ3) is 5.34. The van der Waals surface area contributed by atoms with Crippen LogP contribution >= 0.6 is 12.4 Å². The zero-order chi connectivity index (χ0) is 24.5. The highest BCUT2D eigenvalue weighted by atomic mass is 35.5. The van der Waals surface area contributed by atoms with Crippen LogP contribution in [0.3, 0.4) is 0 Å². The summed E-state index contributed by atoms with van der Waals surface area (Å²) in [5, 5.41) is 7.62. The van der Waals surface area contributed by atoms with Crippen molar-refractivity contribution < 1.29 is 17.9 Å². The summed E-state index contributed by atoms with van der Waals surface area (Å²) >= 11 is 0. The zero-order valence-electron chi connectivity index (χ0n) is 19.7. The SMILES string of the molecule is CCOC(=O)CC(c1ccc(C(=N)N)cc1)c1nc2cc(S(=O)(=O)N3CCCC3)ccc2n1C.Cl. The molecule has 1 aromatic heterocycles. The number of ether oxygens (including phenoxy) is 1. The van der Waals surface area contributed by atoms with Gasteiger partial charge in [-0.3, -0.25) is 10.2 Å². The number of aryl methyl sites for hydroxylation is 1. The van der Waals surface area contributed by atoms with E-state index in [9.17, 15) is 13.2 Å². The molecule has 0 saturated carbocycles. The number of hydrogen-bond donors (Lipinski definition) is 2. The van der Waals surface area contributed by atoms with Crippen LogP contribution in [-0.4, -0.2) is 53.8 Å². The van der Waals surface area contributed by atoms with Gasteiger partial charge in [0.05, 0.1) is 34.9 Å². The lowest BCUT2D eigenvalue weighted by atomic mass is 9.93. The van der Waals surface area contributed by atoms with Gasteiger partial charge < -0.3 is 15.0 Å². The molecule has 1 unspecified atom stereocenters. The highest BCUT2D eigenvalue weighted by Crippen LogP contribution is 2.32. The number of esters is 1. The minimum absolute atomic E-state index is 0. The van der Waals surface area contributed by atoms with Crippen molar-refractivity contribution in [2.45, 2.75) is 37.0 Å². The lowest BCUT2D eigenvalue weighted by Gasteiger charge is -2.17. The van der Waals surface area contributed by atoms with Crippen LogP contribution in [0, 0.1) is 5.41 Å². The van der Waals surface area contributed by atoms with Crippen molar-refractivity contribution in [1.29, 1.82) is 5.41 Å². The van der Waals surface area contributed by atoms with E-state index in [0.29, 0.717) is 30.0 Å². The summed E-state index contributed by atoms with van der Waals surface area (Å²) in [6.07, 6.45) is 1.81. The third-order valence-electron chi connectivity index (χ3n) is 6.20. The Morgan fingerprint density at radius 2 is 1.83 bits per heavy atom. The number of carbonyl (C=O) groups is 1. The average molecular weight is 520 g/mol. The van der Waals surface area contributed by atoms with Gasteiger partial charge in [-0.1, -0.05) is 24.3 Å². The largest absolute Gasteiger partial charge is 0.466 e. The summed E-state index contributed by atoms with van der Waals surface area (Å²) in [6.45, 7) is 3.10. The minimum atomic E-state index is -3.57. The molecule has 188 valence electrons. The summed E-state index contributed by atoms with van der Waals surface area (Å²) < 4.78 is 34.7. The van der Waals surface area contributed by atoms with Crippen molar-refractivity contribution >= 4 is 45.3 Å². The average Bonchev–Trinajstić information content (AvgIpc) is 3.47. The molecule has 3 aromatic rings. The van der Waals surface area contributed by atoms with E-state index in [-0.39, 0.29) is 42.1 Å². The monoisotopic (exact) mass is 519 g/mol. The summed E-state index contributed by atoms with van der Waals surface area (Å²) in [6, 6.07) is 12.1. The Morgan fingerprint density at radius 1 is 1.17 bits per heavy atom. The Bertz CT molecular complexity index is 1330. The van der Waals surface area contributed by atoms with Crippen molar-refractivity contribution in [3.05, 3.63) is 59.4 Å². The van der Waals surface area contributed by atoms with Gasteiger partial charge >= 0.3 is 5.97 Å². The van der Waals surface area contributed by atoms with Crippen LogP contribution in [0.5, 0.6) is 0 Å². The van der Waals surface area contributed by atoms with Crippen molar-refractivity contribution in [1.82, 2.24) is 13.9 Å². The molecular formula is C24H30ClN5O4S. The molecule has 2 heterocycles. The maximum Gasteiger partial charge on any atom is 0.306 e. The van der Waals surface area contributed by atoms with E-state index >= 15 is 0 Å². The van der Waals surface area contributed by atoms with E-state index in [2.05, 4.69) is 0 Å². The van der Waals surface area contributed by atoms with Gasteiger partial charge in [0.2, 0.25) is 10.0 Å². The molecule has 0 radical (unpaired) electrons. The lowest BCUT2D eigenvalue weighted by molar-refractivity contribution is -0.143. The molecule has 35 heavy (non-hydrogen) atoms. The number of benzene rings is 2. The molecule has 1 saturated heterocycles. The minimum Gasteiger partial charge on any atom is -0.466 e. The molecule has 0 amide bonds. The van der Waals surface area contributed by atoms with Crippen LogP contribution in [0.2, 0.25) is 0 Å². The highest BCUT2D eigenvalue weighted by Gasteiger charge is 2.29. The van der Waals surface area contributed by atoms with Crippen LogP contribution in [0.1, 0.15) is 49.1 Å². The first-order valence-electron chi connectivity index (χ1n) is 11.3. The Labute approximate surface area is 211 Å². The first-order chi connectivity index (χ1) is 16.2. The highest BCUT2D eigenvalue weighted by molar-refractivity contribution is 7.89. The van der Waals surface area contributed by atoms with Crippen molar-refractivity contribution in [2.75, 3.05) is 19.7 Å². The van der Waals surface area contributed by atoms with Gasteiger partial charge in [-0.15, -0.1) is 12.4 Å². The molecule has 0 spiro atoms. The molecule has 1 aliphatic rings. The number of rotatable bonds is 8. The van der Waals surface area contributed by atoms with E-state index in [1.54, 1.807) is 37.3 Å². The number of fused-ring (bicyclic) bond motifs is 1. The first kappa shape index (κ1) is 26.7. The number of aromatic nitrogens is 2. The second-order valence-electron chi connectivity index (χ2n) is 8.39. The number of halogens is 1. The van der Waals surface area contributed by atoms with Crippen molar-refractivity contribution in [2.24, 2.45) is 12.8 Å². The van der Waals surface area contributed by atoms with Gasteiger partial charge in [0, 0.05) is 25.7 Å². The zero-order valence-corrected chi connectivity index (χ0v) is 21.4. The fourth-order valence-corrected chi connectivity index (χ4v) is 5.93. The van der Waals surface area contributed by atoms with E-state index in [1.807, 2.05) is 23.7 Å². The normalized spacial score (nSPS) is 15.0. The third-order valence-corrected chi connectivity index (χ3v) is 8.10. The van der Waals surface area contributed by atoms with Crippen LogP contribution in [0.4, 0.5) is 0 Å². The Balaban J connectivity index is 0.00000342. The van der Waals surface area contributed by atoms with Gasteiger partial charge in [0.1, 0.15) is 11.7 Å². The number of nitrogens with one attached hydrogen (secondary N) is 1. The van der Waals surface area contributed by atoms with Crippen molar-refractivity contribution in [3.8, 4) is 0 Å². The predicted molar refractivity (Wildman–Crippen MR) is 137 cm³/mol. The molecule has 11 heteroatoms. The smallest absolute Gasteiger partial charge is 0.306 e. The molecule has 0 bridgehead atoms. The molecule has 1 aliphatic heterocycles. The Kier molecular flexibility index (Phi) is 8.19. The number of nitrogens with two attached hydrogens (primary N) is 1. The van der Waals surface area contributed by atoms with Crippen LogP contribution in [-0.2, 0) is 26.6 Å². The summed E-state index contributed by atoms with van der Waals surface area (Å²) in [7, 11) is -1.72.